The second-order valence-corrected chi connectivity index (χ2v) is 5.39. The zero-order chi connectivity index (χ0) is 12.2. The molecule has 0 amide bonds. The predicted octanol–water partition coefficient (Wildman–Crippen LogP) is 4.59. The van der Waals surface area contributed by atoms with Gasteiger partial charge >= 0.3 is 0 Å². The van der Waals surface area contributed by atoms with Crippen LogP contribution in [0.25, 0.3) is 0 Å². The molecule has 0 saturated heterocycles. The fraction of sp³-hybridized carbons (Fsp3) is 1.00. The summed E-state index contributed by atoms with van der Waals surface area (Å²) in [7, 11) is 0. The van der Waals surface area contributed by atoms with Gasteiger partial charge in [0.1, 0.15) is 0 Å². The number of hydrogen-bond donors (Lipinski definition) is 1. The van der Waals surface area contributed by atoms with Crippen LogP contribution in [0, 0.1) is 0 Å². The highest BCUT2D eigenvalue weighted by molar-refractivity contribution is 4.65. The van der Waals surface area contributed by atoms with Gasteiger partial charge in [-0.3, -0.25) is 4.84 Å². The van der Waals surface area contributed by atoms with Gasteiger partial charge in [0.15, 0.2) is 0 Å². The highest BCUT2D eigenvalue weighted by Crippen LogP contribution is 2.19. The third-order valence-electron chi connectivity index (χ3n) is 3.68. The van der Waals surface area contributed by atoms with Gasteiger partial charge in [-0.05, 0) is 19.3 Å². The summed E-state index contributed by atoms with van der Waals surface area (Å²) in [5.74, 6) is 0. The molecule has 0 radical (unpaired) electrons. The number of nitrogens with one attached hydrogen (secondary N) is 1. The maximum Gasteiger partial charge on any atom is 0.0790 e. The van der Waals surface area contributed by atoms with Crippen LogP contribution in [-0.4, -0.2) is 12.6 Å². The first kappa shape index (κ1) is 15.0. The molecule has 2 nitrogen and oxygen atoms in total. The average molecular weight is 241 g/mol. The van der Waals surface area contributed by atoms with E-state index in [4.69, 9.17) is 4.84 Å². The Balaban J connectivity index is 1.69. The molecule has 0 spiro atoms. The molecule has 1 rings (SSSR count). The van der Waals surface area contributed by atoms with E-state index in [1.54, 1.807) is 0 Å². The molecule has 0 heterocycles. The van der Waals surface area contributed by atoms with Gasteiger partial charge in [-0.25, -0.2) is 5.48 Å². The smallest absolute Gasteiger partial charge is 0.0790 e. The lowest BCUT2D eigenvalue weighted by atomic mass is 10.1. The molecule has 2 heteroatoms. The van der Waals surface area contributed by atoms with E-state index in [1.807, 2.05) is 0 Å². The van der Waals surface area contributed by atoms with Gasteiger partial charge in [0.2, 0.25) is 0 Å². The molecule has 17 heavy (non-hydrogen) atoms. The highest BCUT2D eigenvalue weighted by Gasteiger charge is 2.14. The standard InChI is InChI=1S/C15H31NO/c1-2-3-4-5-6-7-8-11-14-16-17-15-12-9-10-13-15/h15-16H,2-14H2,1H3. The minimum absolute atomic E-state index is 0.504. The van der Waals surface area contributed by atoms with Crippen LogP contribution in [0.15, 0.2) is 0 Å². The lowest BCUT2D eigenvalue weighted by molar-refractivity contribution is -0.0210. The van der Waals surface area contributed by atoms with Crippen molar-refractivity contribution in [3.8, 4) is 0 Å². The van der Waals surface area contributed by atoms with Crippen molar-refractivity contribution in [1.29, 1.82) is 0 Å². The predicted molar refractivity (Wildman–Crippen MR) is 74.0 cm³/mol. The van der Waals surface area contributed by atoms with Gasteiger partial charge in [-0.2, -0.15) is 0 Å². The molecule has 0 bridgehead atoms. The lowest BCUT2D eigenvalue weighted by Gasteiger charge is -2.11. The molecule has 1 aliphatic carbocycles. The monoisotopic (exact) mass is 241 g/mol. The van der Waals surface area contributed by atoms with E-state index in [2.05, 4.69) is 12.4 Å². The Hall–Kier alpha value is -0.0800. The zero-order valence-corrected chi connectivity index (χ0v) is 11.7. The molecule has 0 aromatic heterocycles. The topological polar surface area (TPSA) is 21.3 Å². The van der Waals surface area contributed by atoms with Crippen LogP contribution in [0.2, 0.25) is 0 Å². The van der Waals surface area contributed by atoms with E-state index in [9.17, 15) is 0 Å². The van der Waals surface area contributed by atoms with E-state index >= 15 is 0 Å². The normalized spacial score (nSPS) is 16.8. The minimum atomic E-state index is 0.504. The molecule has 102 valence electrons. The average Bonchev–Trinajstić information content (AvgIpc) is 2.85. The molecular formula is C15H31NO. The van der Waals surface area contributed by atoms with Crippen LogP contribution in [-0.2, 0) is 4.84 Å². The fourth-order valence-corrected chi connectivity index (χ4v) is 2.51. The third-order valence-corrected chi connectivity index (χ3v) is 3.68. The number of unbranched alkanes of at least 4 members (excludes halogenated alkanes) is 7. The van der Waals surface area contributed by atoms with E-state index in [-0.39, 0.29) is 0 Å². The number of hydrogen-bond acceptors (Lipinski definition) is 2. The summed E-state index contributed by atoms with van der Waals surface area (Å²) < 4.78 is 0. The summed E-state index contributed by atoms with van der Waals surface area (Å²) in [5, 5.41) is 0. The second kappa shape index (κ2) is 11.0. The van der Waals surface area contributed by atoms with Crippen molar-refractivity contribution in [2.24, 2.45) is 0 Å². The first-order chi connectivity index (χ1) is 8.43. The van der Waals surface area contributed by atoms with Crippen LogP contribution >= 0.6 is 0 Å². The van der Waals surface area contributed by atoms with Gasteiger partial charge < -0.3 is 0 Å². The van der Waals surface area contributed by atoms with Crippen LogP contribution in [0.3, 0.4) is 0 Å². The maximum atomic E-state index is 5.61. The first-order valence-electron chi connectivity index (χ1n) is 7.82. The molecule has 0 atom stereocenters. The van der Waals surface area contributed by atoms with Gasteiger partial charge in [0.05, 0.1) is 6.10 Å². The Morgan fingerprint density at radius 2 is 1.47 bits per heavy atom. The lowest BCUT2D eigenvalue weighted by Crippen LogP contribution is -2.22. The van der Waals surface area contributed by atoms with Crippen molar-refractivity contribution in [2.45, 2.75) is 90.1 Å². The summed E-state index contributed by atoms with van der Waals surface area (Å²) in [4.78, 5) is 5.61. The number of rotatable bonds is 11. The minimum Gasteiger partial charge on any atom is -0.299 e. The molecule has 0 aromatic carbocycles. The van der Waals surface area contributed by atoms with Crippen LogP contribution < -0.4 is 5.48 Å². The summed E-state index contributed by atoms with van der Waals surface area (Å²) in [6.07, 6.45) is 16.8. The molecular weight excluding hydrogens is 210 g/mol. The largest absolute Gasteiger partial charge is 0.299 e. The molecule has 1 aliphatic rings. The molecule has 1 fully saturated rings. The zero-order valence-electron chi connectivity index (χ0n) is 11.7. The Labute approximate surface area is 107 Å². The van der Waals surface area contributed by atoms with Gasteiger partial charge in [-0.1, -0.05) is 64.7 Å². The Morgan fingerprint density at radius 3 is 2.12 bits per heavy atom. The molecule has 0 aromatic rings. The number of hydroxylamine groups is 1. The quantitative estimate of drug-likeness (QED) is 0.422. The van der Waals surface area contributed by atoms with Crippen LogP contribution in [0.1, 0.15) is 84.0 Å². The van der Waals surface area contributed by atoms with Crippen molar-refractivity contribution in [3.63, 3.8) is 0 Å². The molecule has 1 saturated carbocycles. The van der Waals surface area contributed by atoms with Crippen LogP contribution in [0.5, 0.6) is 0 Å². The van der Waals surface area contributed by atoms with E-state index in [1.165, 1.54) is 77.0 Å². The Bertz CT molecular complexity index is 155. The molecule has 1 N–H and O–H groups in total. The van der Waals surface area contributed by atoms with E-state index < -0.39 is 0 Å². The molecule has 0 unspecified atom stereocenters. The van der Waals surface area contributed by atoms with Crippen molar-refractivity contribution >= 4 is 0 Å². The van der Waals surface area contributed by atoms with Crippen LogP contribution in [0.4, 0.5) is 0 Å². The van der Waals surface area contributed by atoms with Crippen molar-refractivity contribution in [1.82, 2.24) is 5.48 Å². The Morgan fingerprint density at radius 1 is 0.882 bits per heavy atom. The van der Waals surface area contributed by atoms with Crippen molar-refractivity contribution in [2.75, 3.05) is 6.54 Å². The van der Waals surface area contributed by atoms with Crippen molar-refractivity contribution < 1.29 is 4.84 Å². The Kier molecular flexibility index (Phi) is 9.72. The molecule has 0 aliphatic heterocycles. The summed E-state index contributed by atoms with van der Waals surface area (Å²) in [6.45, 7) is 3.31. The first-order valence-corrected chi connectivity index (χ1v) is 7.82. The second-order valence-electron chi connectivity index (χ2n) is 5.39. The summed E-state index contributed by atoms with van der Waals surface area (Å²) in [6, 6.07) is 0. The maximum absolute atomic E-state index is 5.61. The highest BCUT2D eigenvalue weighted by atomic mass is 16.7. The summed E-state index contributed by atoms with van der Waals surface area (Å²) >= 11 is 0. The van der Waals surface area contributed by atoms with Gasteiger partial charge in [-0.15, -0.1) is 0 Å². The van der Waals surface area contributed by atoms with E-state index in [0.29, 0.717) is 6.10 Å². The third kappa shape index (κ3) is 8.62. The van der Waals surface area contributed by atoms with Gasteiger partial charge in [0.25, 0.3) is 0 Å². The van der Waals surface area contributed by atoms with Crippen molar-refractivity contribution in [3.05, 3.63) is 0 Å². The van der Waals surface area contributed by atoms with E-state index in [0.717, 1.165) is 6.54 Å². The fourth-order valence-electron chi connectivity index (χ4n) is 2.51. The van der Waals surface area contributed by atoms with Gasteiger partial charge in [0, 0.05) is 6.54 Å². The summed E-state index contributed by atoms with van der Waals surface area (Å²) in [5.41, 5.74) is 3.14. The SMILES string of the molecule is CCCCCCCCCCNOC1CCCC1.